The van der Waals surface area contributed by atoms with Crippen LogP contribution in [0.3, 0.4) is 0 Å². The summed E-state index contributed by atoms with van der Waals surface area (Å²) in [6.07, 6.45) is 0. The SMILES string of the molecule is COc1ccc(CNc2ccc(C(C(=O)NO)c3ccccc3)cc2)cc1OC. The van der Waals surface area contributed by atoms with Crippen molar-refractivity contribution < 1.29 is 19.5 Å². The zero-order chi connectivity index (χ0) is 20.6. The molecule has 150 valence electrons. The van der Waals surface area contributed by atoms with Crippen molar-refractivity contribution >= 4 is 11.6 Å². The van der Waals surface area contributed by atoms with Crippen molar-refractivity contribution in [2.24, 2.45) is 0 Å². The lowest BCUT2D eigenvalue weighted by molar-refractivity contribution is -0.129. The van der Waals surface area contributed by atoms with Crippen LogP contribution in [0.5, 0.6) is 11.5 Å². The van der Waals surface area contributed by atoms with Crippen molar-refractivity contribution in [2.75, 3.05) is 19.5 Å². The summed E-state index contributed by atoms with van der Waals surface area (Å²) in [6.45, 7) is 0.610. The molecule has 1 amide bonds. The fourth-order valence-electron chi connectivity index (χ4n) is 3.19. The molecule has 0 saturated carbocycles. The van der Waals surface area contributed by atoms with E-state index in [-0.39, 0.29) is 0 Å². The lowest BCUT2D eigenvalue weighted by atomic mass is 9.90. The van der Waals surface area contributed by atoms with Crippen LogP contribution in [0.1, 0.15) is 22.6 Å². The first-order valence-corrected chi connectivity index (χ1v) is 9.20. The molecule has 1 atom stereocenters. The summed E-state index contributed by atoms with van der Waals surface area (Å²) in [6, 6.07) is 22.7. The molecule has 6 heteroatoms. The van der Waals surface area contributed by atoms with Gasteiger partial charge in [-0.25, -0.2) is 5.48 Å². The van der Waals surface area contributed by atoms with Crippen LogP contribution in [-0.2, 0) is 11.3 Å². The maximum absolute atomic E-state index is 12.2. The summed E-state index contributed by atoms with van der Waals surface area (Å²) in [5.74, 6) is 0.320. The largest absolute Gasteiger partial charge is 0.493 e. The Kier molecular flexibility index (Phi) is 6.71. The van der Waals surface area contributed by atoms with Crippen molar-refractivity contribution in [1.82, 2.24) is 5.48 Å². The van der Waals surface area contributed by atoms with Crippen molar-refractivity contribution in [3.63, 3.8) is 0 Å². The van der Waals surface area contributed by atoms with Crippen LogP contribution in [0.4, 0.5) is 5.69 Å². The van der Waals surface area contributed by atoms with E-state index >= 15 is 0 Å². The number of benzene rings is 3. The topological polar surface area (TPSA) is 79.8 Å². The van der Waals surface area contributed by atoms with E-state index in [1.54, 1.807) is 19.7 Å². The second kappa shape index (κ2) is 9.61. The molecule has 29 heavy (non-hydrogen) atoms. The summed E-state index contributed by atoms with van der Waals surface area (Å²) >= 11 is 0. The van der Waals surface area contributed by atoms with Gasteiger partial charge in [0.25, 0.3) is 5.91 Å². The van der Waals surface area contributed by atoms with Crippen LogP contribution < -0.4 is 20.3 Å². The van der Waals surface area contributed by atoms with Gasteiger partial charge >= 0.3 is 0 Å². The molecule has 3 N–H and O–H groups in total. The molecular formula is C23H24N2O4. The number of carbonyl (C=O) groups is 1. The molecule has 3 rings (SSSR count). The molecule has 0 bridgehead atoms. The normalized spacial score (nSPS) is 11.4. The van der Waals surface area contributed by atoms with Crippen LogP contribution in [0.2, 0.25) is 0 Å². The monoisotopic (exact) mass is 392 g/mol. The van der Waals surface area contributed by atoms with Gasteiger partial charge in [0.05, 0.1) is 20.1 Å². The van der Waals surface area contributed by atoms with E-state index in [0.29, 0.717) is 18.0 Å². The summed E-state index contributed by atoms with van der Waals surface area (Å²) < 4.78 is 10.6. The fraction of sp³-hybridized carbons (Fsp3) is 0.174. The Balaban J connectivity index is 1.73. The number of nitrogens with one attached hydrogen (secondary N) is 2. The molecular weight excluding hydrogens is 368 g/mol. The highest BCUT2D eigenvalue weighted by Gasteiger charge is 2.22. The number of hydrogen-bond donors (Lipinski definition) is 3. The minimum atomic E-state index is -0.582. The van der Waals surface area contributed by atoms with Gasteiger partial charge in [-0.2, -0.15) is 0 Å². The van der Waals surface area contributed by atoms with E-state index in [2.05, 4.69) is 5.32 Å². The Hall–Kier alpha value is -3.51. The third-order valence-electron chi connectivity index (χ3n) is 4.69. The summed E-state index contributed by atoms with van der Waals surface area (Å²) in [5.41, 5.74) is 5.33. The van der Waals surface area contributed by atoms with E-state index in [4.69, 9.17) is 14.7 Å². The smallest absolute Gasteiger partial charge is 0.255 e. The highest BCUT2D eigenvalue weighted by Crippen LogP contribution is 2.29. The van der Waals surface area contributed by atoms with E-state index in [1.165, 1.54) is 0 Å². The number of methoxy groups -OCH3 is 2. The molecule has 0 fully saturated rings. The lowest BCUT2D eigenvalue weighted by Crippen LogP contribution is -2.27. The molecule has 0 radical (unpaired) electrons. The molecule has 0 spiro atoms. The predicted molar refractivity (Wildman–Crippen MR) is 112 cm³/mol. The Morgan fingerprint density at radius 2 is 1.55 bits per heavy atom. The third-order valence-corrected chi connectivity index (χ3v) is 4.69. The fourth-order valence-corrected chi connectivity index (χ4v) is 3.19. The van der Waals surface area contributed by atoms with Crippen LogP contribution in [0.25, 0.3) is 0 Å². The first-order valence-electron chi connectivity index (χ1n) is 9.20. The van der Waals surface area contributed by atoms with Crippen LogP contribution in [0.15, 0.2) is 72.8 Å². The lowest BCUT2D eigenvalue weighted by Gasteiger charge is -2.16. The Labute approximate surface area is 170 Å². The molecule has 0 aromatic heterocycles. The molecule has 3 aromatic carbocycles. The van der Waals surface area contributed by atoms with E-state index in [9.17, 15) is 4.79 Å². The second-order valence-corrected chi connectivity index (χ2v) is 6.48. The number of carbonyl (C=O) groups excluding carboxylic acids is 1. The van der Waals surface area contributed by atoms with Gasteiger partial charge in [0, 0.05) is 12.2 Å². The minimum Gasteiger partial charge on any atom is -0.493 e. The average Bonchev–Trinajstić information content (AvgIpc) is 2.79. The molecule has 0 heterocycles. The standard InChI is InChI=1S/C23H24N2O4/c1-28-20-13-8-16(14-21(20)29-2)15-24-19-11-9-18(10-12-19)22(23(26)25-27)17-6-4-3-5-7-17/h3-14,22,24,27H,15H2,1-2H3,(H,25,26). The number of hydroxylamine groups is 1. The first-order chi connectivity index (χ1) is 14.2. The number of rotatable bonds is 8. The highest BCUT2D eigenvalue weighted by molar-refractivity contribution is 5.86. The molecule has 3 aromatic rings. The molecule has 6 nitrogen and oxygen atoms in total. The summed E-state index contributed by atoms with van der Waals surface area (Å²) in [7, 11) is 3.22. The summed E-state index contributed by atoms with van der Waals surface area (Å²) in [4.78, 5) is 12.2. The Morgan fingerprint density at radius 3 is 2.17 bits per heavy atom. The third kappa shape index (κ3) is 4.86. The minimum absolute atomic E-state index is 0.470. The van der Waals surface area contributed by atoms with Gasteiger partial charge in [-0.05, 0) is 41.0 Å². The van der Waals surface area contributed by atoms with Gasteiger partial charge in [0.2, 0.25) is 0 Å². The Bertz CT molecular complexity index is 943. The molecule has 0 aliphatic carbocycles. The van der Waals surface area contributed by atoms with Crippen molar-refractivity contribution in [2.45, 2.75) is 12.5 Å². The van der Waals surface area contributed by atoms with Crippen molar-refractivity contribution in [3.8, 4) is 11.5 Å². The predicted octanol–water partition coefficient (Wildman–Crippen LogP) is 3.95. The first kappa shape index (κ1) is 20.2. The van der Waals surface area contributed by atoms with Gasteiger partial charge in [0.15, 0.2) is 11.5 Å². The highest BCUT2D eigenvalue weighted by atomic mass is 16.5. The van der Waals surface area contributed by atoms with Gasteiger partial charge in [-0.3, -0.25) is 10.0 Å². The van der Waals surface area contributed by atoms with Gasteiger partial charge in [-0.15, -0.1) is 0 Å². The van der Waals surface area contributed by atoms with Gasteiger partial charge < -0.3 is 14.8 Å². The molecule has 0 aliphatic heterocycles. The van der Waals surface area contributed by atoms with Crippen molar-refractivity contribution in [3.05, 3.63) is 89.5 Å². The van der Waals surface area contributed by atoms with Crippen LogP contribution >= 0.6 is 0 Å². The second-order valence-electron chi connectivity index (χ2n) is 6.48. The van der Waals surface area contributed by atoms with E-state index < -0.39 is 11.8 Å². The number of ether oxygens (including phenoxy) is 2. The zero-order valence-electron chi connectivity index (χ0n) is 16.4. The van der Waals surface area contributed by atoms with Gasteiger partial charge in [-0.1, -0.05) is 48.5 Å². The number of amides is 1. The Morgan fingerprint density at radius 1 is 0.897 bits per heavy atom. The molecule has 0 aliphatic rings. The average molecular weight is 392 g/mol. The maximum atomic E-state index is 12.2. The van der Waals surface area contributed by atoms with E-state index in [0.717, 1.165) is 22.4 Å². The van der Waals surface area contributed by atoms with Crippen LogP contribution in [0, 0.1) is 0 Å². The molecule has 1 unspecified atom stereocenters. The van der Waals surface area contributed by atoms with E-state index in [1.807, 2.05) is 72.8 Å². The van der Waals surface area contributed by atoms with Crippen LogP contribution in [-0.4, -0.2) is 25.3 Å². The summed E-state index contributed by atoms with van der Waals surface area (Å²) in [5, 5.41) is 12.5. The van der Waals surface area contributed by atoms with Gasteiger partial charge in [0.1, 0.15) is 0 Å². The number of hydrogen-bond acceptors (Lipinski definition) is 5. The quantitative estimate of drug-likeness (QED) is 0.400. The number of anilines is 1. The zero-order valence-corrected chi connectivity index (χ0v) is 16.4. The maximum Gasteiger partial charge on any atom is 0.255 e. The molecule has 0 saturated heterocycles. The van der Waals surface area contributed by atoms with Crippen molar-refractivity contribution in [1.29, 1.82) is 0 Å².